The normalized spacial score (nSPS) is 12.0. The predicted molar refractivity (Wildman–Crippen MR) is 55.2 cm³/mol. The molecule has 0 unspecified atom stereocenters. The zero-order valence-corrected chi connectivity index (χ0v) is 8.53. The van der Waals surface area contributed by atoms with Crippen LogP contribution in [0.1, 0.15) is 5.56 Å². The summed E-state index contributed by atoms with van der Waals surface area (Å²) in [4.78, 5) is 15.5. The van der Waals surface area contributed by atoms with Crippen molar-refractivity contribution in [1.82, 2.24) is 9.55 Å². The van der Waals surface area contributed by atoms with Gasteiger partial charge in [-0.2, -0.15) is 13.2 Å². The molecule has 0 radical (unpaired) electrons. The second-order valence-corrected chi connectivity index (χ2v) is 3.40. The van der Waals surface area contributed by atoms with Crippen LogP contribution in [0.4, 0.5) is 13.2 Å². The molecule has 2 N–H and O–H groups in total. The standard InChI is InChI=1S/C10H8F3N3O/c11-10(12,13)6-2-1-3-7-8(6)9(17)16(4-14)5-15-7/h1-3,5H,4,14H2. The third kappa shape index (κ3) is 1.89. The SMILES string of the molecule is NCn1cnc2cccc(C(F)(F)F)c2c1=O. The minimum atomic E-state index is -4.59. The fraction of sp³-hybridized carbons (Fsp3) is 0.200. The molecule has 0 aliphatic carbocycles. The first-order valence-corrected chi connectivity index (χ1v) is 4.70. The number of nitrogens with zero attached hydrogens (tertiary/aromatic N) is 2. The topological polar surface area (TPSA) is 60.9 Å². The van der Waals surface area contributed by atoms with E-state index in [2.05, 4.69) is 4.98 Å². The van der Waals surface area contributed by atoms with Crippen LogP contribution in [0.5, 0.6) is 0 Å². The van der Waals surface area contributed by atoms with E-state index in [-0.39, 0.29) is 12.2 Å². The summed E-state index contributed by atoms with van der Waals surface area (Å²) in [7, 11) is 0. The van der Waals surface area contributed by atoms with E-state index >= 15 is 0 Å². The van der Waals surface area contributed by atoms with Gasteiger partial charge in [0.05, 0.1) is 29.5 Å². The smallest absolute Gasteiger partial charge is 0.313 e. The highest BCUT2D eigenvalue weighted by atomic mass is 19.4. The third-order valence-electron chi connectivity index (χ3n) is 2.36. The Morgan fingerprint density at radius 2 is 2.06 bits per heavy atom. The Morgan fingerprint density at radius 1 is 1.35 bits per heavy atom. The Labute approximate surface area is 93.5 Å². The van der Waals surface area contributed by atoms with Crippen molar-refractivity contribution >= 4 is 10.9 Å². The monoisotopic (exact) mass is 243 g/mol. The number of rotatable bonds is 1. The Morgan fingerprint density at radius 3 is 2.65 bits per heavy atom. The lowest BCUT2D eigenvalue weighted by Gasteiger charge is -2.10. The van der Waals surface area contributed by atoms with Crippen molar-refractivity contribution in [2.45, 2.75) is 12.8 Å². The molecular formula is C10H8F3N3O. The van der Waals surface area contributed by atoms with E-state index in [4.69, 9.17) is 5.73 Å². The second kappa shape index (κ2) is 3.85. The number of alkyl halides is 3. The van der Waals surface area contributed by atoms with E-state index in [1.54, 1.807) is 0 Å². The maximum absolute atomic E-state index is 12.7. The summed E-state index contributed by atoms with van der Waals surface area (Å²) >= 11 is 0. The van der Waals surface area contributed by atoms with E-state index in [0.717, 1.165) is 17.0 Å². The number of fused-ring (bicyclic) bond motifs is 1. The molecule has 0 bridgehead atoms. The number of hydrogen-bond donors (Lipinski definition) is 1. The van der Waals surface area contributed by atoms with Crippen LogP contribution >= 0.6 is 0 Å². The molecule has 2 rings (SSSR count). The van der Waals surface area contributed by atoms with Crippen LogP contribution in [-0.4, -0.2) is 9.55 Å². The summed E-state index contributed by atoms with van der Waals surface area (Å²) in [6.07, 6.45) is -3.46. The lowest BCUT2D eigenvalue weighted by Crippen LogP contribution is -2.26. The van der Waals surface area contributed by atoms with Gasteiger partial charge in [0.15, 0.2) is 0 Å². The molecule has 2 aromatic rings. The first kappa shape index (κ1) is 11.6. The van der Waals surface area contributed by atoms with E-state index in [1.807, 2.05) is 0 Å². The molecule has 0 spiro atoms. The molecule has 4 nitrogen and oxygen atoms in total. The van der Waals surface area contributed by atoms with Crippen molar-refractivity contribution in [3.05, 3.63) is 40.4 Å². The number of aromatic nitrogens is 2. The maximum Gasteiger partial charge on any atom is 0.417 e. The third-order valence-corrected chi connectivity index (χ3v) is 2.36. The van der Waals surface area contributed by atoms with Gasteiger partial charge < -0.3 is 5.73 Å². The van der Waals surface area contributed by atoms with E-state index in [9.17, 15) is 18.0 Å². The highest BCUT2D eigenvalue weighted by Gasteiger charge is 2.33. The highest BCUT2D eigenvalue weighted by molar-refractivity contribution is 5.81. The molecule has 0 fully saturated rings. The molecule has 1 aromatic carbocycles. The number of halogens is 3. The lowest BCUT2D eigenvalue weighted by molar-refractivity contribution is -0.136. The van der Waals surface area contributed by atoms with Gasteiger partial charge >= 0.3 is 6.18 Å². The maximum atomic E-state index is 12.7. The van der Waals surface area contributed by atoms with Gasteiger partial charge in [0, 0.05) is 0 Å². The molecule has 0 saturated heterocycles. The first-order valence-electron chi connectivity index (χ1n) is 4.70. The van der Waals surface area contributed by atoms with Gasteiger partial charge in [-0.25, -0.2) is 4.98 Å². The molecule has 0 aliphatic heterocycles. The Balaban J connectivity index is 2.92. The number of benzene rings is 1. The van der Waals surface area contributed by atoms with Gasteiger partial charge in [0.2, 0.25) is 0 Å². The van der Waals surface area contributed by atoms with Crippen LogP contribution in [0, 0.1) is 0 Å². The van der Waals surface area contributed by atoms with Crippen molar-refractivity contribution < 1.29 is 13.2 Å². The molecule has 17 heavy (non-hydrogen) atoms. The van der Waals surface area contributed by atoms with Crippen LogP contribution in [-0.2, 0) is 12.8 Å². The van der Waals surface area contributed by atoms with Crippen LogP contribution in [0.3, 0.4) is 0 Å². The zero-order chi connectivity index (χ0) is 12.6. The quantitative estimate of drug-likeness (QED) is 0.821. The van der Waals surface area contributed by atoms with Crippen LogP contribution in [0.2, 0.25) is 0 Å². The van der Waals surface area contributed by atoms with Gasteiger partial charge in [-0.1, -0.05) is 6.07 Å². The molecule has 90 valence electrons. The summed E-state index contributed by atoms with van der Waals surface area (Å²) in [5.74, 6) is 0. The molecule has 1 aromatic heterocycles. The fourth-order valence-corrected chi connectivity index (χ4v) is 1.57. The summed E-state index contributed by atoms with van der Waals surface area (Å²) in [5.41, 5.74) is 3.47. The summed E-state index contributed by atoms with van der Waals surface area (Å²) < 4.78 is 39.1. The van der Waals surface area contributed by atoms with E-state index in [0.29, 0.717) is 0 Å². The van der Waals surface area contributed by atoms with Crippen LogP contribution in [0.15, 0.2) is 29.3 Å². The Hall–Kier alpha value is -1.89. The number of nitrogens with two attached hydrogens (primary N) is 1. The van der Waals surface area contributed by atoms with Gasteiger partial charge in [-0.3, -0.25) is 9.36 Å². The summed E-state index contributed by atoms with van der Waals surface area (Å²) in [5, 5.41) is -0.451. The molecular weight excluding hydrogens is 235 g/mol. The Bertz CT molecular complexity index is 618. The molecule has 7 heteroatoms. The zero-order valence-electron chi connectivity index (χ0n) is 8.53. The lowest BCUT2D eigenvalue weighted by atomic mass is 10.1. The van der Waals surface area contributed by atoms with E-state index < -0.39 is 22.7 Å². The highest BCUT2D eigenvalue weighted by Crippen LogP contribution is 2.32. The van der Waals surface area contributed by atoms with E-state index in [1.165, 1.54) is 12.1 Å². The minimum absolute atomic E-state index is 0.00882. The molecule has 0 amide bonds. The largest absolute Gasteiger partial charge is 0.417 e. The summed E-state index contributed by atoms with van der Waals surface area (Å²) in [6.45, 7) is -0.214. The van der Waals surface area contributed by atoms with Gasteiger partial charge in [-0.05, 0) is 12.1 Å². The van der Waals surface area contributed by atoms with Crippen molar-refractivity contribution in [3.63, 3.8) is 0 Å². The van der Waals surface area contributed by atoms with Crippen molar-refractivity contribution in [3.8, 4) is 0 Å². The van der Waals surface area contributed by atoms with Gasteiger partial charge in [0.1, 0.15) is 0 Å². The van der Waals surface area contributed by atoms with Crippen molar-refractivity contribution in [2.24, 2.45) is 5.73 Å². The molecule has 0 aliphatic rings. The average molecular weight is 243 g/mol. The predicted octanol–water partition coefficient (Wildman–Crippen LogP) is 1.33. The average Bonchev–Trinajstić information content (AvgIpc) is 2.28. The van der Waals surface area contributed by atoms with Gasteiger partial charge in [-0.15, -0.1) is 0 Å². The van der Waals surface area contributed by atoms with Crippen molar-refractivity contribution in [2.75, 3.05) is 0 Å². The molecule has 1 heterocycles. The van der Waals surface area contributed by atoms with Crippen LogP contribution < -0.4 is 11.3 Å². The second-order valence-electron chi connectivity index (χ2n) is 3.40. The molecule has 0 saturated carbocycles. The van der Waals surface area contributed by atoms with Gasteiger partial charge in [0.25, 0.3) is 5.56 Å². The summed E-state index contributed by atoms with van der Waals surface area (Å²) in [6, 6.07) is 3.42. The Kier molecular flexibility index (Phi) is 2.62. The van der Waals surface area contributed by atoms with Crippen LogP contribution in [0.25, 0.3) is 10.9 Å². The number of hydrogen-bond acceptors (Lipinski definition) is 3. The molecule has 0 atom stereocenters. The minimum Gasteiger partial charge on any atom is -0.313 e. The first-order chi connectivity index (χ1) is 7.95. The van der Waals surface area contributed by atoms with Crippen molar-refractivity contribution in [1.29, 1.82) is 0 Å². The fourth-order valence-electron chi connectivity index (χ4n) is 1.57.